The van der Waals surface area contributed by atoms with Crippen molar-refractivity contribution in [2.75, 3.05) is 4.31 Å². The van der Waals surface area contributed by atoms with Crippen LogP contribution in [-0.4, -0.2) is 18.7 Å². The van der Waals surface area contributed by atoms with Crippen molar-refractivity contribution >= 4 is 39.0 Å². The van der Waals surface area contributed by atoms with Gasteiger partial charge < -0.3 is 0 Å². The van der Waals surface area contributed by atoms with Gasteiger partial charge in [-0.15, -0.1) is 0 Å². The molecular formula is C16H13Cl2N3O3S. The average Bonchev–Trinajstić information content (AvgIpc) is 3.00. The summed E-state index contributed by atoms with van der Waals surface area (Å²) in [7, 11) is -3.89. The van der Waals surface area contributed by atoms with Crippen molar-refractivity contribution in [2.45, 2.75) is 18.4 Å². The van der Waals surface area contributed by atoms with E-state index in [1.165, 1.54) is 12.1 Å². The first-order valence-corrected chi connectivity index (χ1v) is 9.40. The van der Waals surface area contributed by atoms with Gasteiger partial charge in [-0.1, -0.05) is 52.6 Å². The molecule has 0 amide bonds. The summed E-state index contributed by atoms with van der Waals surface area (Å²) in [5.74, 6) is 0.106. The lowest BCUT2D eigenvalue weighted by molar-refractivity contribution is 0.305. The van der Waals surface area contributed by atoms with Crippen molar-refractivity contribution in [1.82, 2.24) is 10.3 Å². The van der Waals surface area contributed by atoms with E-state index in [4.69, 9.17) is 23.2 Å². The van der Waals surface area contributed by atoms with Gasteiger partial charge >= 0.3 is 0 Å². The fraction of sp³-hybridized carbons (Fsp3) is 0.125. The third-order valence-electron chi connectivity index (χ3n) is 3.53. The van der Waals surface area contributed by atoms with E-state index in [2.05, 4.69) is 14.9 Å². The Morgan fingerprint density at radius 1 is 1.08 bits per heavy atom. The van der Waals surface area contributed by atoms with Crippen LogP contribution >= 0.6 is 23.2 Å². The lowest BCUT2D eigenvalue weighted by Gasteiger charge is -2.22. The third kappa shape index (κ3) is 3.63. The SMILES string of the molecule is Cc1nonc1N(Cc1ccc(Cl)cc1Cl)S(=O)(=O)c1ccccc1. The highest BCUT2D eigenvalue weighted by Gasteiger charge is 2.29. The summed E-state index contributed by atoms with van der Waals surface area (Å²) in [6, 6.07) is 12.9. The Kier molecular flexibility index (Phi) is 4.99. The molecule has 1 aromatic heterocycles. The first-order valence-electron chi connectivity index (χ1n) is 7.20. The Bertz CT molecular complexity index is 991. The maximum absolute atomic E-state index is 13.1. The minimum Gasteiger partial charge on any atom is -0.242 e. The van der Waals surface area contributed by atoms with E-state index in [0.717, 1.165) is 4.31 Å². The fourth-order valence-corrected chi connectivity index (χ4v) is 4.18. The summed E-state index contributed by atoms with van der Waals surface area (Å²) < 4.78 is 32.0. The topological polar surface area (TPSA) is 76.3 Å². The minimum atomic E-state index is -3.89. The Hall–Kier alpha value is -2.09. The molecule has 0 unspecified atom stereocenters. The van der Waals surface area contributed by atoms with E-state index >= 15 is 0 Å². The van der Waals surface area contributed by atoms with Crippen LogP contribution in [0.5, 0.6) is 0 Å². The van der Waals surface area contributed by atoms with Crippen molar-refractivity contribution in [3.05, 3.63) is 69.8 Å². The minimum absolute atomic E-state index is 0.0394. The second kappa shape index (κ2) is 7.03. The largest absolute Gasteiger partial charge is 0.265 e. The number of anilines is 1. The summed E-state index contributed by atoms with van der Waals surface area (Å²) in [5.41, 5.74) is 0.928. The molecule has 0 N–H and O–H groups in total. The highest BCUT2D eigenvalue weighted by atomic mass is 35.5. The number of sulfonamides is 1. The molecule has 2 aromatic carbocycles. The lowest BCUT2D eigenvalue weighted by atomic mass is 10.2. The van der Waals surface area contributed by atoms with Gasteiger partial charge in [0, 0.05) is 10.0 Å². The number of hydrogen-bond acceptors (Lipinski definition) is 5. The monoisotopic (exact) mass is 397 g/mol. The predicted molar refractivity (Wildman–Crippen MR) is 95.3 cm³/mol. The van der Waals surface area contributed by atoms with Crippen molar-refractivity contribution in [3.63, 3.8) is 0 Å². The average molecular weight is 398 g/mol. The van der Waals surface area contributed by atoms with Crippen LogP contribution in [0.3, 0.4) is 0 Å². The van der Waals surface area contributed by atoms with Gasteiger partial charge in [-0.25, -0.2) is 17.4 Å². The van der Waals surface area contributed by atoms with E-state index < -0.39 is 10.0 Å². The Labute approximate surface area is 155 Å². The summed E-state index contributed by atoms with van der Waals surface area (Å²) in [6.07, 6.45) is 0. The molecule has 9 heteroatoms. The number of hydrogen-bond donors (Lipinski definition) is 0. The van der Waals surface area contributed by atoms with Crippen LogP contribution in [0, 0.1) is 6.92 Å². The van der Waals surface area contributed by atoms with Crippen molar-refractivity contribution in [3.8, 4) is 0 Å². The first-order chi connectivity index (χ1) is 11.9. The van der Waals surface area contributed by atoms with Gasteiger partial charge in [-0.2, -0.15) is 0 Å². The molecule has 3 rings (SSSR count). The Morgan fingerprint density at radius 2 is 1.80 bits per heavy atom. The van der Waals surface area contributed by atoms with Gasteiger partial charge in [0.25, 0.3) is 10.0 Å². The molecule has 0 atom stereocenters. The maximum atomic E-state index is 13.1. The molecular weight excluding hydrogens is 385 g/mol. The molecule has 0 spiro atoms. The molecule has 0 aliphatic heterocycles. The smallest absolute Gasteiger partial charge is 0.242 e. The summed E-state index contributed by atoms with van der Waals surface area (Å²) in [4.78, 5) is 0.127. The molecule has 1 heterocycles. The molecule has 0 radical (unpaired) electrons. The van der Waals surface area contributed by atoms with Crippen LogP contribution in [0.25, 0.3) is 0 Å². The molecule has 0 saturated heterocycles. The number of aromatic nitrogens is 2. The van der Waals surface area contributed by atoms with Crippen LogP contribution in [0.1, 0.15) is 11.3 Å². The van der Waals surface area contributed by atoms with Gasteiger partial charge in [0.05, 0.1) is 11.4 Å². The Balaban J connectivity index is 2.09. The zero-order chi connectivity index (χ0) is 18.0. The number of halogens is 2. The molecule has 0 aliphatic rings. The first kappa shape index (κ1) is 17.7. The second-order valence-corrected chi connectivity index (χ2v) is 7.94. The summed E-state index contributed by atoms with van der Waals surface area (Å²) >= 11 is 12.1. The van der Waals surface area contributed by atoms with Crippen LogP contribution in [0.15, 0.2) is 58.1 Å². The van der Waals surface area contributed by atoms with Crippen LogP contribution in [0.2, 0.25) is 10.0 Å². The van der Waals surface area contributed by atoms with E-state index in [0.29, 0.717) is 21.3 Å². The van der Waals surface area contributed by atoms with Gasteiger partial charge in [0.1, 0.15) is 5.69 Å². The highest BCUT2D eigenvalue weighted by molar-refractivity contribution is 7.92. The third-order valence-corrected chi connectivity index (χ3v) is 5.86. The van der Waals surface area contributed by atoms with Gasteiger partial charge in [0.2, 0.25) is 5.82 Å². The zero-order valence-electron chi connectivity index (χ0n) is 13.1. The molecule has 130 valence electrons. The van der Waals surface area contributed by atoms with Crippen LogP contribution in [-0.2, 0) is 16.6 Å². The van der Waals surface area contributed by atoms with Crippen LogP contribution < -0.4 is 4.31 Å². The van der Waals surface area contributed by atoms with Gasteiger partial charge in [0.15, 0.2) is 0 Å². The lowest BCUT2D eigenvalue weighted by Crippen LogP contribution is -2.31. The molecule has 0 fully saturated rings. The molecule has 0 bridgehead atoms. The zero-order valence-corrected chi connectivity index (χ0v) is 15.4. The molecule has 6 nitrogen and oxygen atoms in total. The fourth-order valence-electron chi connectivity index (χ4n) is 2.25. The standard InChI is InChI=1S/C16H13Cl2N3O3S/c1-11-16(20-24-19-11)21(10-12-7-8-13(17)9-15(12)18)25(22,23)14-5-3-2-4-6-14/h2-9H,10H2,1H3. The second-order valence-electron chi connectivity index (χ2n) is 5.23. The van der Waals surface area contributed by atoms with E-state index in [1.54, 1.807) is 43.3 Å². The van der Waals surface area contributed by atoms with Crippen molar-refractivity contribution in [1.29, 1.82) is 0 Å². The normalized spacial score (nSPS) is 11.5. The van der Waals surface area contributed by atoms with Gasteiger partial charge in [-0.3, -0.25) is 0 Å². The number of benzene rings is 2. The number of nitrogens with zero attached hydrogens (tertiary/aromatic N) is 3. The van der Waals surface area contributed by atoms with Crippen molar-refractivity contribution in [2.24, 2.45) is 0 Å². The number of aryl methyl sites for hydroxylation is 1. The summed E-state index contributed by atoms with van der Waals surface area (Å²) in [5, 5.41) is 8.24. The van der Waals surface area contributed by atoms with E-state index in [9.17, 15) is 8.42 Å². The van der Waals surface area contributed by atoms with Crippen molar-refractivity contribution < 1.29 is 13.0 Å². The maximum Gasteiger partial charge on any atom is 0.265 e. The summed E-state index contributed by atoms with van der Waals surface area (Å²) in [6.45, 7) is 1.57. The molecule has 3 aromatic rings. The molecule has 25 heavy (non-hydrogen) atoms. The Morgan fingerprint density at radius 3 is 2.40 bits per heavy atom. The predicted octanol–water partition coefficient (Wildman–Crippen LogP) is 4.08. The van der Waals surface area contributed by atoms with Crippen LogP contribution in [0.4, 0.5) is 5.82 Å². The number of rotatable bonds is 5. The van der Waals surface area contributed by atoms with E-state index in [1.807, 2.05) is 0 Å². The molecule has 0 aliphatic carbocycles. The quantitative estimate of drug-likeness (QED) is 0.647. The van der Waals surface area contributed by atoms with E-state index in [-0.39, 0.29) is 17.3 Å². The van der Waals surface area contributed by atoms with Gasteiger partial charge in [-0.05, 0) is 41.9 Å². The molecule has 0 saturated carbocycles. The highest BCUT2D eigenvalue weighted by Crippen LogP contribution is 2.29.